The lowest BCUT2D eigenvalue weighted by Crippen LogP contribution is -2.26. The van der Waals surface area contributed by atoms with Crippen LogP contribution in [-0.2, 0) is 11.0 Å². The number of aromatic nitrogens is 3. The van der Waals surface area contributed by atoms with E-state index in [1.54, 1.807) is 13.0 Å². The maximum Gasteiger partial charge on any atom is 0.416 e. The standard InChI is InChI=1S/C23H19F3N4O2S/c1-3-32-13-8-9-17-18(10-13)33-22(27-17)30-21-20(12(2)29-30)15(11-19(31)28-21)14-6-4-5-7-16(14)23(24,25)26/h4-10,15H,3,11H2,1-2H3,(H,28,31). The predicted molar refractivity (Wildman–Crippen MR) is 119 cm³/mol. The molecule has 2 aromatic carbocycles. The van der Waals surface area contributed by atoms with Gasteiger partial charge in [0.1, 0.15) is 11.6 Å². The van der Waals surface area contributed by atoms with E-state index in [0.717, 1.165) is 22.0 Å². The van der Waals surface area contributed by atoms with Gasteiger partial charge in [0.15, 0.2) is 0 Å². The highest BCUT2D eigenvalue weighted by Crippen LogP contribution is 2.45. The van der Waals surface area contributed by atoms with E-state index in [1.165, 1.54) is 28.2 Å². The maximum absolute atomic E-state index is 13.7. The summed E-state index contributed by atoms with van der Waals surface area (Å²) in [5.41, 5.74) is 1.17. The Labute approximate surface area is 191 Å². The Morgan fingerprint density at radius 2 is 2.03 bits per heavy atom. The van der Waals surface area contributed by atoms with Gasteiger partial charge in [0.05, 0.1) is 28.1 Å². The summed E-state index contributed by atoms with van der Waals surface area (Å²) in [5.74, 6) is -0.0598. The zero-order chi connectivity index (χ0) is 23.3. The van der Waals surface area contributed by atoms with Crippen LogP contribution in [0.1, 0.15) is 41.6 Å². The maximum atomic E-state index is 13.7. The van der Waals surface area contributed by atoms with E-state index in [-0.39, 0.29) is 17.9 Å². The van der Waals surface area contributed by atoms with E-state index in [0.29, 0.717) is 28.8 Å². The SMILES string of the molecule is CCOc1ccc2nc(-n3nc(C)c4c3NC(=O)CC4c3ccccc3C(F)(F)F)sc2c1. The Hall–Kier alpha value is -3.40. The molecule has 1 aliphatic heterocycles. The molecule has 1 amide bonds. The Kier molecular flexibility index (Phi) is 5.12. The number of alkyl halides is 3. The number of rotatable bonds is 4. The molecule has 2 aromatic heterocycles. The van der Waals surface area contributed by atoms with E-state index in [1.807, 2.05) is 25.1 Å². The van der Waals surface area contributed by atoms with Gasteiger partial charge in [-0.2, -0.15) is 23.0 Å². The molecule has 3 heterocycles. The third-order valence-electron chi connectivity index (χ3n) is 5.58. The van der Waals surface area contributed by atoms with Crippen molar-refractivity contribution in [3.8, 4) is 10.9 Å². The van der Waals surface area contributed by atoms with Crippen molar-refractivity contribution in [3.05, 3.63) is 64.8 Å². The molecule has 0 spiro atoms. The number of aryl methyl sites for hydroxylation is 1. The van der Waals surface area contributed by atoms with Gasteiger partial charge in [0.2, 0.25) is 11.0 Å². The number of fused-ring (bicyclic) bond motifs is 2. The summed E-state index contributed by atoms with van der Waals surface area (Å²) in [6, 6.07) is 10.9. The molecule has 0 aliphatic carbocycles. The van der Waals surface area contributed by atoms with Crippen LogP contribution in [0, 0.1) is 6.92 Å². The van der Waals surface area contributed by atoms with Gasteiger partial charge in [0, 0.05) is 17.9 Å². The van der Waals surface area contributed by atoms with Crippen molar-refractivity contribution in [3.63, 3.8) is 0 Å². The number of thiazole rings is 1. The Bertz CT molecular complexity index is 1380. The molecule has 10 heteroatoms. The average Bonchev–Trinajstić information content (AvgIpc) is 3.33. The first kappa shape index (κ1) is 21.4. The average molecular weight is 472 g/mol. The monoisotopic (exact) mass is 472 g/mol. The lowest BCUT2D eigenvalue weighted by Gasteiger charge is -2.26. The summed E-state index contributed by atoms with van der Waals surface area (Å²) in [7, 11) is 0. The largest absolute Gasteiger partial charge is 0.494 e. The number of benzene rings is 2. The minimum Gasteiger partial charge on any atom is -0.494 e. The summed E-state index contributed by atoms with van der Waals surface area (Å²) in [6.45, 7) is 4.17. The number of ether oxygens (including phenoxy) is 1. The topological polar surface area (TPSA) is 69.0 Å². The van der Waals surface area contributed by atoms with E-state index in [9.17, 15) is 18.0 Å². The molecule has 1 aliphatic rings. The molecule has 4 aromatic rings. The van der Waals surface area contributed by atoms with E-state index >= 15 is 0 Å². The van der Waals surface area contributed by atoms with Gasteiger partial charge >= 0.3 is 6.18 Å². The van der Waals surface area contributed by atoms with Crippen molar-refractivity contribution in [2.75, 3.05) is 11.9 Å². The normalized spacial score (nSPS) is 16.0. The molecule has 0 radical (unpaired) electrons. The molecule has 1 atom stereocenters. The molecule has 1 unspecified atom stereocenters. The number of anilines is 1. The number of carbonyl (C=O) groups excluding carboxylic acids is 1. The van der Waals surface area contributed by atoms with Gasteiger partial charge in [-0.15, -0.1) is 0 Å². The van der Waals surface area contributed by atoms with Crippen LogP contribution in [0.2, 0.25) is 0 Å². The quantitative estimate of drug-likeness (QED) is 0.415. The van der Waals surface area contributed by atoms with Gasteiger partial charge in [-0.3, -0.25) is 4.79 Å². The highest BCUT2D eigenvalue weighted by atomic mass is 32.1. The summed E-state index contributed by atoms with van der Waals surface area (Å²) in [5, 5.41) is 7.87. The first-order valence-electron chi connectivity index (χ1n) is 10.4. The van der Waals surface area contributed by atoms with Crippen LogP contribution in [0.4, 0.5) is 19.0 Å². The summed E-state index contributed by atoms with van der Waals surface area (Å²) < 4.78 is 49.1. The fraction of sp³-hybridized carbons (Fsp3) is 0.261. The van der Waals surface area contributed by atoms with Crippen LogP contribution >= 0.6 is 11.3 Å². The number of hydrogen-bond acceptors (Lipinski definition) is 5. The molecule has 170 valence electrons. The minimum absolute atomic E-state index is 0.0643. The fourth-order valence-corrected chi connectivity index (χ4v) is 5.20. The molecular weight excluding hydrogens is 453 g/mol. The van der Waals surface area contributed by atoms with Crippen molar-refractivity contribution in [1.82, 2.24) is 14.8 Å². The van der Waals surface area contributed by atoms with E-state index in [2.05, 4.69) is 15.4 Å². The van der Waals surface area contributed by atoms with Crippen molar-refractivity contribution in [1.29, 1.82) is 0 Å². The summed E-state index contributed by atoms with van der Waals surface area (Å²) in [4.78, 5) is 17.2. The lowest BCUT2D eigenvalue weighted by atomic mass is 9.83. The number of carbonyl (C=O) groups is 1. The Morgan fingerprint density at radius 3 is 2.79 bits per heavy atom. The Morgan fingerprint density at radius 1 is 1.24 bits per heavy atom. The minimum atomic E-state index is -4.53. The third kappa shape index (κ3) is 3.74. The van der Waals surface area contributed by atoms with Crippen LogP contribution in [-0.4, -0.2) is 27.3 Å². The second-order valence-corrected chi connectivity index (χ2v) is 8.72. The van der Waals surface area contributed by atoms with Crippen molar-refractivity contribution < 1.29 is 22.7 Å². The molecule has 0 fully saturated rings. The van der Waals surface area contributed by atoms with Crippen LogP contribution in [0.3, 0.4) is 0 Å². The van der Waals surface area contributed by atoms with Gasteiger partial charge in [0.25, 0.3) is 0 Å². The fourth-order valence-electron chi connectivity index (χ4n) is 4.25. The predicted octanol–water partition coefficient (Wildman–Crippen LogP) is 5.68. The van der Waals surface area contributed by atoms with Crippen molar-refractivity contribution in [2.24, 2.45) is 0 Å². The highest BCUT2D eigenvalue weighted by molar-refractivity contribution is 7.20. The number of nitrogens with one attached hydrogen (secondary N) is 1. The molecule has 0 saturated carbocycles. The number of halogens is 3. The molecular formula is C23H19F3N4O2S. The summed E-state index contributed by atoms with van der Waals surface area (Å²) >= 11 is 1.36. The van der Waals surface area contributed by atoms with Gasteiger partial charge in [-0.25, -0.2) is 4.98 Å². The number of amides is 1. The van der Waals surface area contributed by atoms with Gasteiger partial charge in [-0.1, -0.05) is 29.5 Å². The zero-order valence-electron chi connectivity index (χ0n) is 17.7. The second-order valence-electron chi connectivity index (χ2n) is 7.71. The van der Waals surface area contributed by atoms with Gasteiger partial charge < -0.3 is 10.1 Å². The van der Waals surface area contributed by atoms with Gasteiger partial charge in [-0.05, 0) is 43.7 Å². The molecule has 5 rings (SSSR count). The van der Waals surface area contributed by atoms with Crippen LogP contribution < -0.4 is 10.1 Å². The molecule has 0 bridgehead atoms. The van der Waals surface area contributed by atoms with Crippen molar-refractivity contribution >= 4 is 33.3 Å². The first-order valence-corrected chi connectivity index (χ1v) is 11.2. The third-order valence-corrected chi connectivity index (χ3v) is 6.58. The molecule has 1 N–H and O–H groups in total. The molecule has 0 saturated heterocycles. The lowest BCUT2D eigenvalue weighted by molar-refractivity contribution is -0.138. The molecule has 6 nitrogen and oxygen atoms in total. The number of nitrogens with zero attached hydrogens (tertiary/aromatic N) is 3. The smallest absolute Gasteiger partial charge is 0.416 e. The van der Waals surface area contributed by atoms with Crippen molar-refractivity contribution in [2.45, 2.75) is 32.4 Å². The van der Waals surface area contributed by atoms with Crippen LogP contribution in [0.25, 0.3) is 15.3 Å². The van der Waals surface area contributed by atoms with Crippen LogP contribution in [0.5, 0.6) is 5.75 Å². The second kappa shape index (κ2) is 7.87. The number of hydrogen-bond donors (Lipinski definition) is 1. The van der Waals surface area contributed by atoms with E-state index in [4.69, 9.17) is 4.74 Å². The Balaban J connectivity index is 1.64. The first-order chi connectivity index (χ1) is 15.8. The van der Waals surface area contributed by atoms with E-state index < -0.39 is 17.7 Å². The van der Waals surface area contributed by atoms with Crippen LogP contribution in [0.15, 0.2) is 42.5 Å². The highest BCUT2D eigenvalue weighted by Gasteiger charge is 2.39. The summed E-state index contributed by atoms with van der Waals surface area (Å²) in [6.07, 6.45) is -4.62. The zero-order valence-corrected chi connectivity index (χ0v) is 18.5. The molecule has 33 heavy (non-hydrogen) atoms.